The number of rotatable bonds is 5. The van der Waals surface area contributed by atoms with Crippen molar-refractivity contribution in [1.29, 1.82) is 0 Å². The summed E-state index contributed by atoms with van der Waals surface area (Å²) in [5, 5.41) is 9.16. The summed E-state index contributed by atoms with van der Waals surface area (Å²) < 4.78 is 0. The number of carbonyl (C=O) groups is 2. The minimum Gasteiger partial charge on any atom is -0.382 e. The van der Waals surface area contributed by atoms with Crippen molar-refractivity contribution in [3.05, 3.63) is 24.3 Å². The molecule has 2 aliphatic heterocycles. The first-order chi connectivity index (χ1) is 12.6. The van der Waals surface area contributed by atoms with Gasteiger partial charge >= 0.3 is 0 Å². The van der Waals surface area contributed by atoms with E-state index in [0.29, 0.717) is 18.9 Å². The largest absolute Gasteiger partial charge is 0.382 e. The van der Waals surface area contributed by atoms with Gasteiger partial charge in [0, 0.05) is 36.9 Å². The molecule has 2 saturated heterocycles. The van der Waals surface area contributed by atoms with Gasteiger partial charge in [-0.25, -0.2) is 0 Å². The van der Waals surface area contributed by atoms with E-state index in [1.165, 1.54) is 12.8 Å². The van der Waals surface area contributed by atoms with Crippen LogP contribution in [0.4, 0.5) is 11.4 Å². The van der Waals surface area contributed by atoms with E-state index in [4.69, 9.17) is 0 Å². The number of carbonyl (C=O) groups excluding carboxylic acids is 2. The average Bonchev–Trinajstić information content (AvgIpc) is 2.68. The number of imide groups is 1. The highest BCUT2D eigenvalue weighted by Gasteiger charge is 2.26. The highest BCUT2D eigenvalue weighted by Crippen LogP contribution is 2.20. The Bertz CT molecular complexity index is 580. The van der Waals surface area contributed by atoms with Gasteiger partial charge in [0.25, 0.3) is 0 Å². The molecule has 26 heavy (non-hydrogen) atoms. The summed E-state index contributed by atoms with van der Waals surface area (Å²) >= 11 is 0. The van der Waals surface area contributed by atoms with Crippen LogP contribution in [-0.4, -0.2) is 48.4 Å². The van der Waals surface area contributed by atoms with Crippen molar-refractivity contribution in [2.45, 2.75) is 58.5 Å². The fourth-order valence-corrected chi connectivity index (χ4v) is 3.32. The summed E-state index contributed by atoms with van der Waals surface area (Å²) in [6, 6.07) is 8.24. The summed E-state index contributed by atoms with van der Waals surface area (Å²) in [5.41, 5.74) is 2.01. The number of hydrogen-bond acceptors (Lipinski definition) is 5. The molecule has 0 aliphatic carbocycles. The molecule has 3 N–H and O–H groups in total. The maximum absolute atomic E-state index is 11.8. The van der Waals surface area contributed by atoms with Gasteiger partial charge in [0.05, 0.1) is 0 Å². The number of likely N-dealkylation sites (tertiary alicyclic amines) is 1. The molecule has 1 aromatic carbocycles. The molecular weight excluding hydrogens is 328 g/mol. The fourth-order valence-electron chi connectivity index (χ4n) is 3.32. The van der Waals surface area contributed by atoms with E-state index >= 15 is 0 Å². The molecule has 6 nitrogen and oxygen atoms in total. The SMILES string of the molecule is CC.CCN1CCC(Nc2ccc(NC3CCC(=O)NC3=O)cc2)CC1. The van der Waals surface area contributed by atoms with Gasteiger partial charge in [0.1, 0.15) is 6.04 Å². The Hall–Kier alpha value is -2.08. The third-order valence-corrected chi connectivity index (χ3v) is 4.87. The zero-order valence-electron chi connectivity index (χ0n) is 16.2. The normalized spacial score (nSPS) is 21.4. The number of nitrogens with one attached hydrogen (secondary N) is 3. The number of benzene rings is 1. The third-order valence-electron chi connectivity index (χ3n) is 4.87. The lowest BCUT2D eigenvalue weighted by Gasteiger charge is -2.32. The predicted molar refractivity (Wildman–Crippen MR) is 106 cm³/mol. The summed E-state index contributed by atoms with van der Waals surface area (Å²) in [5.74, 6) is -0.428. The van der Waals surface area contributed by atoms with Crippen LogP contribution in [0, 0.1) is 0 Å². The second-order valence-electron chi connectivity index (χ2n) is 6.58. The Morgan fingerprint density at radius 1 is 1.00 bits per heavy atom. The lowest BCUT2D eigenvalue weighted by Crippen LogP contribution is -2.47. The maximum atomic E-state index is 11.8. The van der Waals surface area contributed by atoms with Crippen LogP contribution in [-0.2, 0) is 9.59 Å². The molecule has 2 amide bonds. The van der Waals surface area contributed by atoms with Gasteiger partial charge in [-0.05, 0) is 50.1 Å². The molecule has 0 aromatic heterocycles. The first-order valence-corrected chi connectivity index (χ1v) is 9.83. The summed E-state index contributed by atoms with van der Waals surface area (Å²) in [7, 11) is 0. The van der Waals surface area contributed by atoms with Crippen LogP contribution >= 0.6 is 0 Å². The van der Waals surface area contributed by atoms with E-state index in [9.17, 15) is 9.59 Å². The molecule has 0 bridgehead atoms. The third kappa shape index (κ3) is 5.73. The molecule has 1 aromatic rings. The Morgan fingerprint density at radius 3 is 2.12 bits per heavy atom. The number of nitrogens with zero attached hydrogens (tertiary/aromatic N) is 1. The number of anilines is 2. The van der Waals surface area contributed by atoms with Gasteiger partial charge in [-0.1, -0.05) is 20.8 Å². The Balaban J connectivity index is 0.00000117. The van der Waals surface area contributed by atoms with Crippen LogP contribution in [0.25, 0.3) is 0 Å². The Labute approximate surface area is 156 Å². The van der Waals surface area contributed by atoms with Crippen molar-refractivity contribution < 1.29 is 9.59 Å². The van der Waals surface area contributed by atoms with E-state index in [1.54, 1.807) is 0 Å². The van der Waals surface area contributed by atoms with Crippen molar-refractivity contribution in [2.75, 3.05) is 30.3 Å². The van der Waals surface area contributed by atoms with Crippen LogP contribution in [0.3, 0.4) is 0 Å². The monoisotopic (exact) mass is 360 g/mol. The summed E-state index contributed by atoms with van der Waals surface area (Å²) in [6.07, 6.45) is 3.27. The molecule has 0 saturated carbocycles. The summed E-state index contributed by atoms with van der Waals surface area (Å²) in [4.78, 5) is 25.4. The molecule has 0 spiro atoms. The first-order valence-electron chi connectivity index (χ1n) is 9.83. The van der Waals surface area contributed by atoms with Gasteiger partial charge < -0.3 is 15.5 Å². The van der Waals surface area contributed by atoms with E-state index < -0.39 is 0 Å². The van der Waals surface area contributed by atoms with Crippen LogP contribution < -0.4 is 16.0 Å². The van der Waals surface area contributed by atoms with Crippen LogP contribution in [0.5, 0.6) is 0 Å². The van der Waals surface area contributed by atoms with Gasteiger partial charge in [-0.2, -0.15) is 0 Å². The van der Waals surface area contributed by atoms with Gasteiger partial charge in [0.2, 0.25) is 11.8 Å². The molecular formula is C20H32N4O2. The van der Waals surface area contributed by atoms with Crippen LogP contribution in [0.2, 0.25) is 0 Å². The predicted octanol–water partition coefficient (Wildman–Crippen LogP) is 2.83. The quantitative estimate of drug-likeness (QED) is 0.704. The standard InChI is InChI=1S/C18H26N4O2.C2H6/c1-2-22-11-9-15(10-12-22)19-13-3-5-14(6-4-13)20-16-7-8-17(23)21-18(16)24;1-2/h3-6,15-16,19-20H,2,7-12H2,1H3,(H,21,23,24);1-2H3. The minimum atomic E-state index is -0.333. The highest BCUT2D eigenvalue weighted by molar-refractivity contribution is 6.01. The average molecular weight is 361 g/mol. The zero-order chi connectivity index (χ0) is 18.9. The van der Waals surface area contributed by atoms with Crippen molar-refractivity contribution in [3.63, 3.8) is 0 Å². The van der Waals surface area contributed by atoms with Crippen molar-refractivity contribution >= 4 is 23.2 Å². The van der Waals surface area contributed by atoms with Gasteiger partial charge in [-0.15, -0.1) is 0 Å². The minimum absolute atomic E-state index is 0.188. The van der Waals surface area contributed by atoms with Gasteiger partial charge in [-0.3, -0.25) is 14.9 Å². The van der Waals surface area contributed by atoms with E-state index in [0.717, 1.165) is 31.0 Å². The lowest BCUT2D eigenvalue weighted by atomic mass is 10.0. The molecule has 3 rings (SSSR count). The Kier molecular flexibility index (Phi) is 7.91. The number of hydrogen-bond donors (Lipinski definition) is 3. The molecule has 1 atom stereocenters. The van der Waals surface area contributed by atoms with E-state index in [1.807, 2.05) is 38.1 Å². The fraction of sp³-hybridized carbons (Fsp3) is 0.600. The van der Waals surface area contributed by atoms with Crippen LogP contribution in [0.15, 0.2) is 24.3 Å². The number of amides is 2. The molecule has 2 aliphatic rings. The lowest BCUT2D eigenvalue weighted by molar-refractivity contribution is -0.133. The first kappa shape index (κ1) is 20.2. The van der Waals surface area contributed by atoms with Crippen molar-refractivity contribution in [2.24, 2.45) is 0 Å². The molecule has 2 fully saturated rings. The highest BCUT2D eigenvalue weighted by atomic mass is 16.2. The molecule has 0 radical (unpaired) electrons. The molecule has 1 unspecified atom stereocenters. The summed E-state index contributed by atoms with van der Waals surface area (Å²) in [6.45, 7) is 9.65. The molecule has 6 heteroatoms. The second-order valence-corrected chi connectivity index (χ2v) is 6.58. The smallest absolute Gasteiger partial charge is 0.249 e. The van der Waals surface area contributed by atoms with E-state index in [-0.39, 0.29) is 17.9 Å². The van der Waals surface area contributed by atoms with Crippen molar-refractivity contribution in [1.82, 2.24) is 10.2 Å². The van der Waals surface area contributed by atoms with E-state index in [2.05, 4.69) is 27.8 Å². The maximum Gasteiger partial charge on any atom is 0.249 e. The zero-order valence-corrected chi connectivity index (χ0v) is 16.2. The second kappa shape index (κ2) is 10.2. The topological polar surface area (TPSA) is 73.5 Å². The van der Waals surface area contributed by atoms with Crippen molar-refractivity contribution in [3.8, 4) is 0 Å². The Morgan fingerprint density at radius 2 is 1.58 bits per heavy atom. The molecule has 2 heterocycles. The van der Waals surface area contributed by atoms with Crippen LogP contribution in [0.1, 0.15) is 46.5 Å². The van der Waals surface area contributed by atoms with Gasteiger partial charge in [0.15, 0.2) is 0 Å². The molecule has 144 valence electrons. The number of piperidine rings is 2.